The third-order valence-electron chi connectivity index (χ3n) is 4.96. The Morgan fingerprint density at radius 2 is 1.96 bits per heavy atom. The molecule has 140 valence electrons. The zero-order valence-electron chi connectivity index (χ0n) is 14.7. The van der Waals surface area contributed by atoms with Gasteiger partial charge < -0.3 is 15.1 Å². The molecular formula is C20H19F2N3O2. The highest BCUT2D eigenvalue weighted by Gasteiger charge is 2.25. The highest BCUT2D eigenvalue weighted by atomic mass is 19.1. The molecule has 0 spiro atoms. The number of fused-ring (bicyclic) bond motifs is 1. The van der Waals surface area contributed by atoms with Crippen LogP contribution in [0.5, 0.6) is 0 Å². The summed E-state index contributed by atoms with van der Waals surface area (Å²) in [7, 11) is 0. The minimum atomic E-state index is -0.651. The van der Waals surface area contributed by atoms with E-state index in [1.807, 2.05) is 6.07 Å². The Labute approximate surface area is 155 Å². The Morgan fingerprint density at radius 1 is 1.11 bits per heavy atom. The number of hydrogen-bond donors (Lipinski definition) is 1. The summed E-state index contributed by atoms with van der Waals surface area (Å²) in [5, 5.41) is 2.80. The van der Waals surface area contributed by atoms with Crippen LogP contribution >= 0.6 is 0 Å². The summed E-state index contributed by atoms with van der Waals surface area (Å²) in [6, 6.07) is 9.26. The molecule has 0 saturated carbocycles. The van der Waals surface area contributed by atoms with Gasteiger partial charge in [-0.15, -0.1) is 0 Å². The molecule has 2 aliphatic rings. The Bertz CT molecular complexity index is 916. The van der Waals surface area contributed by atoms with Gasteiger partial charge in [0, 0.05) is 48.2 Å². The van der Waals surface area contributed by atoms with E-state index in [9.17, 15) is 18.4 Å². The van der Waals surface area contributed by atoms with Crippen molar-refractivity contribution in [1.29, 1.82) is 0 Å². The first-order valence-electron chi connectivity index (χ1n) is 8.94. The van der Waals surface area contributed by atoms with E-state index in [4.69, 9.17) is 0 Å². The molecule has 0 aliphatic carbocycles. The van der Waals surface area contributed by atoms with Crippen molar-refractivity contribution in [2.45, 2.75) is 19.3 Å². The summed E-state index contributed by atoms with van der Waals surface area (Å²) in [4.78, 5) is 27.7. The van der Waals surface area contributed by atoms with Gasteiger partial charge in [-0.05, 0) is 37.1 Å². The van der Waals surface area contributed by atoms with E-state index in [0.29, 0.717) is 42.9 Å². The van der Waals surface area contributed by atoms with E-state index in [1.165, 1.54) is 6.07 Å². The quantitative estimate of drug-likeness (QED) is 0.899. The van der Waals surface area contributed by atoms with Crippen LogP contribution in [0.3, 0.4) is 0 Å². The number of carbonyl (C=O) groups excluding carboxylic acids is 2. The van der Waals surface area contributed by atoms with Crippen molar-refractivity contribution >= 4 is 28.9 Å². The van der Waals surface area contributed by atoms with Crippen LogP contribution in [0.25, 0.3) is 0 Å². The lowest BCUT2D eigenvalue weighted by Gasteiger charge is -2.20. The average Bonchev–Trinajstić information content (AvgIpc) is 3.22. The van der Waals surface area contributed by atoms with Crippen LogP contribution < -0.4 is 15.1 Å². The summed E-state index contributed by atoms with van der Waals surface area (Å²) >= 11 is 0. The molecule has 1 fully saturated rings. The number of benzene rings is 2. The molecule has 2 amide bonds. The van der Waals surface area contributed by atoms with Crippen molar-refractivity contribution in [3.05, 3.63) is 53.6 Å². The first-order chi connectivity index (χ1) is 13.0. The van der Waals surface area contributed by atoms with Gasteiger partial charge in [0.15, 0.2) is 0 Å². The van der Waals surface area contributed by atoms with Gasteiger partial charge in [-0.3, -0.25) is 9.59 Å². The van der Waals surface area contributed by atoms with Crippen LogP contribution in [-0.2, 0) is 16.0 Å². The fourth-order valence-corrected chi connectivity index (χ4v) is 3.70. The number of nitrogens with zero attached hydrogens (tertiary/aromatic N) is 2. The van der Waals surface area contributed by atoms with Crippen molar-refractivity contribution in [3.63, 3.8) is 0 Å². The maximum Gasteiger partial charge on any atom is 0.243 e. The molecule has 2 heterocycles. The number of carbonyl (C=O) groups is 2. The van der Waals surface area contributed by atoms with Crippen LogP contribution in [0.4, 0.5) is 25.8 Å². The van der Waals surface area contributed by atoms with E-state index < -0.39 is 11.6 Å². The van der Waals surface area contributed by atoms with Crippen molar-refractivity contribution in [2.24, 2.45) is 0 Å². The van der Waals surface area contributed by atoms with Crippen LogP contribution in [0.1, 0.15) is 18.4 Å². The number of amides is 2. The Kier molecular flexibility index (Phi) is 4.51. The molecule has 1 N–H and O–H groups in total. The lowest BCUT2D eigenvalue weighted by molar-refractivity contribution is -0.117. The summed E-state index contributed by atoms with van der Waals surface area (Å²) < 4.78 is 27.3. The zero-order valence-corrected chi connectivity index (χ0v) is 14.7. The normalized spacial score (nSPS) is 16.0. The van der Waals surface area contributed by atoms with E-state index in [0.717, 1.165) is 18.2 Å². The number of halogens is 2. The van der Waals surface area contributed by atoms with Crippen LogP contribution in [0, 0.1) is 11.6 Å². The van der Waals surface area contributed by atoms with Gasteiger partial charge in [0.25, 0.3) is 0 Å². The number of rotatable bonds is 4. The van der Waals surface area contributed by atoms with Gasteiger partial charge in [-0.2, -0.15) is 0 Å². The van der Waals surface area contributed by atoms with Gasteiger partial charge in [0.2, 0.25) is 11.8 Å². The Hall–Kier alpha value is -2.96. The number of nitrogens with one attached hydrogen (secondary N) is 1. The molecule has 2 aliphatic heterocycles. The molecule has 27 heavy (non-hydrogen) atoms. The zero-order chi connectivity index (χ0) is 19.0. The lowest BCUT2D eigenvalue weighted by atomic mass is 10.1. The molecule has 4 rings (SSSR count). The fraction of sp³-hybridized carbons (Fsp3) is 0.300. The maximum atomic E-state index is 13.8. The van der Waals surface area contributed by atoms with E-state index in [2.05, 4.69) is 5.32 Å². The average molecular weight is 371 g/mol. The highest BCUT2D eigenvalue weighted by molar-refractivity contribution is 5.98. The summed E-state index contributed by atoms with van der Waals surface area (Å²) in [6.07, 6.45) is 1.82. The smallest absolute Gasteiger partial charge is 0.243 e. The molecule has 0 bridgehead atoms. The second-order valence-corrected chi connectivity index (χ2v) is 6.80. The van der Waals surface area contributed by atoms with Gasteiger partial charge in [0.1, 0.15) is 11.6 Å². The van der Waals surface area contributed by atoms with Crippen molar-refractivity contribution < 1.29 is 18.4 Å². The molecule has 0 radical (unpaired) electrons. The van der Waals surface area contributed by atoms with Crippen molar-refractivity contribution in [1.82, 2.24) is 0 Å². The highest BCUT2D eigenvalue weighted by Crippen LogP contribution is 2.31. The SMILES string of the molecule is O=C(CN1CCc2c(F)cc(F)cc21)Nc1cccc(N2CCCC2=O)c1. The summed E-state index contributed by atoms with van der Waals surface area (Å²) in [5.41, 5.74) is 2.21. The largest absolute Gasteiger partial charge is 0.361 e. The Balaban J connectivity index is 1.45. The topological polar surface area (TPSA) is 52.7 Å². The van der Waals surface area contributed by atoms with Gasteiger partial charge in [-0.25, -0.2) is 8.78 Å². The van der Waals surface area contributed by atoms with E-state index >= 15 is 0 Å². The first-order valence-corrected chi connectivity index (χ1v) is 8.94. The second kappa shape index (κ2) is 6.98. The minimum absolute atomic E-state index is 0.00274. The predicted octanol–water partition coefficient (Wildman–Crippen LogP) is 3.09. The molecule has 0 atom stereocenters. The van der Waals surface area contributed by atoms with E-state index in [1.54, 1.807) is 28.0 Å². The second-order valence-electron chi connectivity index (χ2n) is 6.80. The molecule has 7 heteroatoms. The molecule has 1 saturated heterocycles. The molecule has 0 unspecified atom stereocenters. The standard InChI is InChI=1S/C20H19F2N3O2/c21-13-9-17(22)16-6-8-24(18(16)10-13)12-19(26)23-14-3-1-4-15(11-14)25-7-2-5-20(25)27/h1,3-4,9-11H,2,5-8,12H2,(H,23,26). The van der Waals surface area contributed by atoms with E-state index in [-0.39, 0.29) is 18.4 Å². The summed E-state index contributed by atoms with van der Waals surface area (Å²) in [5.74, 6) is -1.42. The Morgan fingerprint density at radius 3 is 2.74 bits per heavy atom. The third-order valence-corrected chi connectivity index (χ3v) is 4.96. The first kappa shape index (κ1) is 17.5. The molecular weight excluding hydrogens is 352 g/mol. The van der Waals surface area contributed by atoms with Gasteiger partial charge >= 0.3 is 0 Å². The van der Waals surface area contributed by atoms with Crippen LogP contribution in [0.2, 0.25) is 0 Å². The minimum Gasteiger partial charge on any atom is -0.361 e. The van der Waals surface area contributed by atoms with Crippen molar-refractivity contribution in [3.8, 4) is 0 Å². The molecule has 2 aromatic carbocycles. The fourth-order valence-electron chi connectivity index (χ4n) is 3.70. The molecule has 2 aromatic rings. The number of hydrogen-bond acceptors (Lipinski definition) is 3. The third kappa shape index (κ3) is 3.49. The predicted molar refractivity (Wildman–Crippen MR) is 98.9 cm³/mol. The maximum absolute atomic E-state index is 13.8. The monoisotopic (exact) mass is 371 g/mol. The number of anilines is 3. The lowest BCUT2D eigenvalue weighted by Crippen LogP contribution is -2.32. The molecule has 0 aromatic heterocycles. The summed E-state index contributed by atoms with van der Waals surface area (Å²) in [6.45, 7) is 1.14. The van der Waals surface area contributed by atoms with Gasteiger partial charge in [-0.1, -0.05) is 6.07 Å². The van der Waals surface area contributed by atoms with Crippen LogP contribution in [0.15, 0.2) is 36.4 Å². The van der Waals surface area contributed by atoms with Crippen molar-refractivity contribution in [2.75, 3.05) is 34.8 Å². The molecule has 5 nitrogen and oxygen atoms in total. The van der Waals surface area contributed by atoms with Gasteiger partial charge in [0.05, 0.1) is 6.54 Å². The van der Waals surface area contributed by atoms with Crippen LogP contribution in [-0.4, -0.2) is 31.4 Å².